The van der Waals surface area contributed by atoms with E-state index in [1.165, 1.54) is 5.56 Å². The van der Waals surface area contributed by atoms with Crippen LogP contribution in [0.25, 0.3) is 0 Å². The number of hydrazone groups is 1. The zero-order chi connectivity index (χ0) is 19.3. The van der Waals surface area contributed by atoms with E-state index in [1.807, 2.05) is 49.4 Å². The van der Waals surface area contributed by atoms with E-state index in [1.54, 1.807) is 0 Å². The van der Waals surface area contributed by atoms with E-state index >= 15 is 0 Å². The van der Waals surface area contributed by atoms with Crippen LogP contribution in [0.2, 0.25) is 0 Å². The molecule has 6 heteroatoms. The summed E-state index contributed by atoms with van der Waals surface area (Å²) in [5.74, 6) is 1.30. The summed E-state index contributed by atoms with van der Waals surface area (Å²) in [6.07, 6.45) is 0. The lowest BCUT2D eigenvalue weighted by Crippen LogP contribution is -2.36. The molecule has 3 aromatic rings. The molecule has 0 bridgehead atoms. The van der Waals surface area contributed by atoms with Gasteiger partial charge in [0.05, 0.1) is 18.9 Å². The average Bonchev–Trinajstić information content (AvgIpc) is 3.12. The van der Waals surface area contributed by atoms with Crippen molar-refractivity contribution in [2.24, 2.45) is 5.10 Å². The molecule has 0 spiro atoms. The number of ether oxygens (including phenoxy) is 1. The van der Waals surface area contributed by atoms with Crippen molar-refractivity contribution in [1.29, 1.82) is 0 Å². The number of morpholine rings is 1. The molecule has 0 amide bonds. The zero-order valence-electron chi connectivity index (χ0n) is 16.2. The predicted octanol–water partition coefficient (Wildman–Crippen LogP) is 3.99. The van der Waals surface area contributed by atoms with E-state index in [2.05, 4.69) is 39.5 Å². The number of nitrogens with one attached hydrogen (secondary N) is 1. The summed E-state index contributed by atoms with van der Waals surface area (Å²) >= 11 is 0. The van der Waals surface area contributed by atoms with Crippen molar-refractivity contribution in [1.82, 2.24) is 4.98 Å². The first-order chi connectivity index (χ1) is 13.7. The number of benzene rings is 2. The van der Waals surface area contributed by atoms with Crippen LogP contribution in [0.5, 0.6) is 0 Å². The quantitative estimate of drug-likeness (QED) is 0.539. The topological polar surface area (TPSA) is 62.9 Å². The molecule has 2 aromatic carbocycles. The molecule has 2 heterocycles. The van der Waals surface area contributed by atoms with Crippen LogP contribution in [0.15, 0.2) is 64.1 Å². The Balaban J connectivity index is 1.69. The van der Waals surface area contributed by atoms with E-state index in [-0.39, 0.29) is 0 Å². The fourth-order valence-electron chi connectivity index (χ4n) is 3.13. The molecule has 1 aromatic heterocycles. The molecule has 28 heavy (non-hydrogen) atoms. The van der Waals surface area contributed by atoms with Crippen molar-refractivity contribution in [3.63, 3.8) is 0 Å². The van der Waals surface area contributed by atoms with Gasteiger partial charge in [-0.3, -0.25) is 5.43 Å². The fourth-order valence-corrected chi connectivity index (χ4v) is 3.13. The van der Waals surface area contributed by atoms with Crippen LogP contribution in [-0.4, -0.2) is 37.0 Å². The number of oxazole rings is 1. The molecule has 144 valence electrons. The number of aromatic nitrogens is 1. The van der Waals surface area contributed by atoms with Crippen LogP contribution in [0, 0.1) is 13.8 Å². The first-order valence-corrected chi connectivity index (χ1v) is 9.47. The molecule has 1 aliphatic rings. The highest BCUT2D eigenvalue weighted by Crippen LogP contribution is 2.24. The van der Waals surface area contributed by atoms with Crippen molar-refractivity contribution in [2.45, 2.75) is 13.8 Å². The Morgan fingerprint density at radius 3 is 2.43 bits per heavy atom. The second-order valence-corrected chi connectivity index (χ2v) is 6.81. The molecule has 1 saturated heterocycles. The van der Waals surface area contributed by atoms with Crippen molar-refractivity contribution < 1.29 is 9.15 Å². The highest BCUT2D eigenvalue weighted by atomic mass is 16.5. The molecule has 1 fully saturated rings. The van der Waals surface area contributed by atoms with Gasteiger partial charge in [-0.2, -0.15) is 5.10 Å². The van der Waals surface area contributed by atoms with Gasteiger partial charge in [-0.1, -0.05) is 48.0 Å². The standard InChI is InChI=1S/C22H24N4O2/c1-16-8-10-18(11-9-16)20(25-24-19-6-4-3-5-7-19)21-23-17(2)22(28-21)26-12-14-27-15-13-26/h3-11,24H,12-15H2,1-2H3/b25-20+. The summed E-state index contributed by atoms with van der Waals surface area (Å²) in [4.78, 5) is 6.85. The van der Waals surface area contributed by atoms with Crippen molar-refractivity contribution in [2.75, 3.05) is 36.6 Å². The van der Waals surface area contributed by atoms with Gasteiger partial charge >= 0.3 is 0 Å². The maximum Gasteiger partial charge on any atom is 0.250 e. The minimum Gasteiger partial charge on any atom is -0.418 e. The van der Waals surface area contributed by atoms with Gasteiger partial charge in [0.2, 0.25) is 11.8 Å². The second-order valence-electron chi connectivity index (χ2n) is 6.81. The third-order valence-electron chi connectivity index (χ3n) is 4.67. The number of hydrogen-bond donors (Lipinski definition) is 1. The number of aryl methyl sites for hydroxylation is 2. The number of hydrogen-bond acceptors (Lipinski definition) is 6. The van der Waals surface area contributed by atoms with E-state index in [0.29, 0.717) is 24.8 Å². The van der Waals surface area contributed by atoms with E-state index < -0.39 is 0 Å². The monoisotopic (exact) mass is 376 g/mol. The first kappa shape index (κ1) is 18.3. The molecule has 0 atom stereocenters. The Morgan fingerprint density at radius 2 is 1.71 bits per heavy atom. The summed E-state index contributed by atoms with van der Waals surface area (Å²) in [6, 6.07) is 18.0. The minimum absolute atomic E-state index is 0.506. The van der Waals surface area contributed by atoms with E-state index in [9.17, 15) is 0 Å². The van der Waals surface area contributed by atoms with E-state index in [4.69, 9.17) is 9.15 Å². The molecule has 1 aliphatic heterocycles. The van der Waals surface area contributed by atoms with Crippen LogP contribution in [0.3, 0.4) is 0 Å². The summed E-state index contributed by atoms with van der Waals surface area (Å²) in [5.41, 5.74) is 7.70. The lowest BCUT2D eigenvalue weighted by molar-refractivity contribution is 0.120. The number of anilines is 2. The lowest BCUT2D eigenvalue weighted by Gasteiger charge is -2.26. The Morgan fingerprint density at radius 1 is 1.00 bits per heavy atom. The van der Waals surface area contributed by atoms with Crippen LogP contribution in [-0.2, 0) is 4.74 Å². The van der Waals surface area contributed by atoms with Gasteiger partial charge in [-0.25, -0.2) is 4.98 Å². The normalized spacial score (nSPS) is 14.9. The third-order valence-corrected chi connectivity index (χ3v) is 4.67. The van der Waals surface area contributed by atoms with E-state index in [0.717, 1.165) is 35.9 Å². The van der Waals surface area contributed by atoms with Crippen LogP contribution >= 0.6 is 0 Å². The molecular weight excluding hydrogens is 352 g/mol. The van der Waals surface area contributed by atoms with Gasteiger partial charge < -0.3 is 14.1 Å². The second kappa shape index (κ2) is 8.27. The summed E-state index contributed by atoms with van der Waals surface area (Å²) in [7, 11) is 0. The smallest absolute Gasteiger partial charge is 0.250 e. The molecule has 1 N–H and O–H groups in total. The zero-order valence-corrected chi connectivity index (χ0v) is 16.2. The molecule has 6 nitrogen and oxygen atoms in total. The molecular formula is C22H24N4O2. The molecule has 0 radical (unpaired) electrons. The maximum atomic E-state index is 6.18. The van der Waals surface area contributed by atoms with Gasteiger partial charge in [0, 0.05) is 18.7 Å². The van der Waals surface area contributed by atoms with Crippen molar-refractivity contribution in [3.8, 4) is 0 Å². The molecule has 0 saturated carbocycles. The minimum atomic E-state index is 0.506. The number of rotatable bonds is 5. The third kappa shape index (κ3) is 4.07. The highest BCUT2D eigenvalue weighted by Gasteiger charge is 2.22. The Bertz CT molecular complexity index is 942. The van der Waals surface area contributed by atoms with Crippen LogP contribution in [0.1, 0.15) is 22.7 Å². The fraction of sp³-hybridized carbons (Fsp3) is 0.273. The van der Waals surface area contributed by atoms with Crippen molar-refractivity contribution in [3.05, 3.63) is 77.3 Å². The van der Waals surface area contributed by atoms with Gasteiger partial charge in [0.1, 0.15) is 5.69 Å². The summed E-state index contributed by atoms with van der Waals surface area (Å²) in [6.45, 7) is 7.03. The van der Waals surface area contributed by atoms with Crippen LogP contribution in [0.4, 0.5) is 11.6 Å². The highest BCUT2D eigenvalue weighted by molar-refractivity contribution is 6.10. The molecule has 0 unspecified atom stereocenters. The van der Waals surface area contributed by atoms with Crippen LogP contribution < -0.4 is 10.3 Å². The Labute approximate surface area is 164 Å². The number of para-hydroxylation sites is 1. The van der Waals surface area contributed by atoms with Crippen molar-refractivity contribution >= 4 is 17.3 Å². The summed E-state index contributed by atoms with van der Waals surface area (Å²) in [5, 5.41) is 4.63. The maximum absolute atomic E-state index is 6.18. The first-order valence-electron chi connectivity index (χ1n) is 9.47. The molecule has 4 rings (SSSR count). The molecule has 0 aliphatic carbocycles. The Kier molecular flexibility index (Phi) is 5.39. The Hall–Kier alpha value is -3.12. The average molecular weight is 376 g/mol. The van der Waals surface area contributed by atoms with Gasteiger partial charge in [-0.15, -0.1) is 0 Å². The number of nitrogens with zero attached hydrogens (tertiary/aromatic N) is 3. The largest absolute Gasteiger partial charge is 0.418 e. The van der Waals surface area contributed by atoms with Gasteiger partial charge in [0.15, 0.2) is 5.71 Å². The SMILES string of the molecule is Cc1ccc(/C(=N\Nc2ccccc2)c2nc(C)c(N3CCOCC3)o2)cc1. The summed E-state index contributed by atoms with van der Waals surface area (Å²) < 4.78 is 11.6. The lowest BCUT2D eigenvalue weighted by atomic mass is 10.1. The predicted molar refractivity (Wildman–Crippen MR) is 111 cm³/mol. The van der Waals surface area contributed by atoms with Gasteiger partial charge in [0.25, 0.3) is 0 Å². The van der Waals surface area contributed by atoms with Gasteiger partial charge in [-0.05, 0) is 26.0 Å².